The quantitative estimate of drug-likeness (QED) is 0.822. The molecule has 1 aliphatic heterocycles. The van der Waals surface area contributed by atoms with Crippen molar-refractivity contribution in [1.29, 1.82) is 0 Å². The van der Waals surface area contributed by atoms with Crippen LogP contribution in [0.2, 0.25) is 0 Å². The van der Waals surface area contributed by atoms with Gasteiger partial charge in [0, 0.05) is 50.4 Å². The fraction of sp³-hybridized carbons (Fsp3) is 0.435. The highest BCUT2D eigenvalue weighted by atomic mass is 16.2. The second-order valence-electron chi connectivity index (χ2n) is 7.75. The zero-order chi connectivity index (χ0) is 18.5. The van der Waals surface area contributed by atoms with Crippen LogP contribution in [0.15, 0.2) is 60.7 Å². The number of carbonyl (C=O) groups excluding carboxylic acids is 1. The van der Waals surface area contributed by atoms with Gasteiger partial charge in [0.1, 0.15) is 0 Å². The van der Waals surface area contributed by atoms with Crippen molar-refractivity contribution in [2.75, 3.05) is 37.6 Å². The third-order valence-corrected chi connectivity index (χ3v) is 5.56. The molecule has 27 heavy (non-hydrogen) atoms. The molecule has 0 spiro atoms. The third-order valence-electron chi connectivity index (χ3n) is 5.56. The van der Waals surface area contributed by atoms with Crippen molar-refractivity contribution in [3.05, 3.63) is 66.2 Å². The highest BCUT2D eigenvalue weighted by Crippen LogP contribution is 2.32. The van der Waals surface area contributed by atoms with E-state index in [1.807, 2.05) is 23.1 Å². The summed E-state index contributed by atoms with van der Waals surface area (Å²) >= 11 is 0. The molecule has 2 aromatic carbocycles. The molecule has 4 rings (SSSR count). The first kappa shape index (κ1) is 18.2. The van der Waals surface area contributed by atoms with E-state index >= 15 is 0 Å². The summed E-state index contributed by atoms with van der Waals surface area (Å²) in [5.74, 6) is 0.535. The molecule has 1 saturated heterocycles. The number of nitrogens with zero attached hydrogens (tertiary/aromatic N) is 2. The SMILES string of the molecule is O=C(C1CC1)N(CC1CN(CCc2ccccc2)CCN1)c1ccccc1. The molecule has 0 aromatic heterocycles. The van der Waals surface area contributed by atoms with Gasteiger partial charge in [-0.25, -0.2) is 0 Å². The van der Waals surface area contributed by atoms with Crippen LogP contribution in [0, 0.1) is 5.92 Å². The van der Waals surface area contributed by atoms with Gasteiger partial charge >= 0.3 is 0 Å². The van der Waals surface area contributed by atoms with Crippen LogP contribution >= 0.6 is 0 Å². The summed E-state index contributed by atoms with van der Waals surface area (Å²) in [7, 11) is 0. The molecule has 4 heteroatoms. The standard InChI is InChI=1S/C23H29N3O/c27-23(20-11-12-20)26(22-9-5-2-6-10-22)18-21-17-25(16-14-24-21)15-13-19-7-3-1-4-8-19/h1-10,20-21,24H,11-18H2. The molecule has 1 unspecified atom stereocenters. The predicted molar refractivity (Wildman–Crippen MR) is 110 cm³/mol. The number of rotatable bonds is 7. The van der Waals surface area contributed by atoms with Gasteiger partial charge in [-0.2, -0.15) is 0 Å². The first-order chi connectivity index (χ1) is 13.3. The number of carbonyl (C=O) groups is 1. The number of benzene rings is 2. The fourth-order valence-corrected chi connectivity index (χ4v) is 3.85. The molecule has 1 aliphatic carbocycles. The average molecular weight is 364 g/mol. The van der Waals surface area contributed by atoms with E-state index in [-0.39, 0.29) is 5.92 Å². The number of para-hydroxylation sites is 1. The molecule has 2 aliphatic rings. The molecular weight excluding hydrogens is 334 g/mol. The van der Waals surface area contributed by atoms with Crippen LogP contribution in [-0.2, 0) is 11.2 Å². The van der Waals surface area contributed by atoms with Gasteiger partial charge in [-0.05, 0) is 37.0 Å². The second kappa shape index (κ2) is 8.68. The molecule has 1 amide bonds. The maximum Gasteiger partial charge on any atom is 0.230 e. The van der Waals surface area contributed by atoms with Gasteiger partial charge in [-0.15, -0.1) is 0 Å². The van der Waals surface area contributed by atoms with Crippen LogP contribution in [0.5, 0.6) is 0 Å². The molecule has 1 N–H and O–H groups in total. The van der Waals surface area contributed by atoms with Crippen LogP contribution in [-0.4, -0.2) is 49.6 Å². The average Bonchev–Trinajstić information content (AvgIpc) is 3.57. The summed E-state index contributed by atoms with van der Waals surface area (Å²) in [5, 5.41) is 3.63. The largest absolute Gasteiger partial charge is 0.311 e. The van der Waals surface area contributed by atoms with Crippen LogP contribution in [0.4, 0.5) is 5.69 Å². The Labute approximate surface area is 162 Å². The Hall–Kier alpha value is -2.17. The van der Waals surface area contributed by atoms with Crippen molar-refractivity contribution in [3.63, 3.8) is 0 Å². The van der Waals surface area contributed by atoms with Crippen molar-refractivity contribution >= 4 is 11.6 Å². The number of piperazine rings is 1. The number of amides is 1. The van der Waals surface area contributed by atoms with Gasteiger partial charge in [-0.3, -0.25) is 4.79 Å². The van der Waals surface area contributed by atoms with E-state index in [4.69, 9.17) is 0 Å². The van der Waals surface area contributed by atoms with Crippen molar-refractivity contribution in [3.8, 4) is 0 Å². The highest BCUT2D eigenvalue weighted by Gasteiger charge is 2.35. The molecule has 0 radical (unpaired) electrons. The molecule has 2 aromatic rings. The lowest BCUT2D eigenvalue weighted by atomic mass is 10.1. The van der Waals surface area contributed by atoms with Crippen LogP contribution in [0.1, 0.15) is 18.4 Å². The molecule has 1 atom stereocenters. The van der Waals surface area contributed by atoms with E-state index in [1.165, 1.54) is 5.56 Å². The van der Waals surface area contributed by atoms with Gasteiger partial charge in [0.15, 0.2) is 0 Å². The molecule has 1 heterocycles. The zero-order valence-corrected chi connectivity index (χ0v) is 15.9. The van der Waals surface area contributed by atoms with Gasteiger partial charge in [-0.1, -0.05) is 48.5 Å². The van der Waals surface area contributed by atoms with Crippen LogP contribution in [0.3, 0.4) is 0 Å². The molecule has 142 valence electrons. The predicted octanol–water partition coefficient (Wildman–Crippen LogP) is 2.95. The van der Waals surface area contributed by atoms with Gasteiger partial charge in [0.2, 0.25) is 5.91 Å². The topological polar surface area (TPSA) is 35.6 Å². The lowest BCUT2D eigenvalue weighted by Gasteiger charge is -2.36. The van der Waals surface area contributed by atoms with Crippen molar-refractivity contribution in [2.24, 2.45) is 5.92 Å². The van der Waals surface area contributed by atoms with E-state index in [2.05, 4.69) is 52.7 Å². The van der Waals surface area contributed by atoms with E-state index in [9.17, 15) is 4.79 Å². The summed E-state index contributed by atoms with van der Waals surface area (Å²) in [6.45, 7) is 4.88. The molecule has 2 fully saturated rings. The van der Waals surface area contributed by atoms with Crippen LogP contribution < -0.4 is 10.2 Å². The zero-order valence-electron chi connectivity index (χ0n) is 15.9. The summed E-state index contributed by atoms with van der Waals surface area (Å²) in [5.41, 5.74) is 2.42. The Balaban J connectivity index is 1.37. The number of nitrogens with one attached hydrogen (secondary N) is 1. The molecular formula is C23H29N3O. The second-order valence-corrected chi connectivity index (χ2v) is 7.75. The Morgan fingerprint density at radius 2 is 1.74 bits per heavy atom. The summed E-state index contributed by atoms with van der Waals surface area (Å²) < 4.78 is 0. The van der Waals surface area contributed by atoms with E-state index in [0.29, 0.717) is 11.9 Å². The maximum atomic E-state index is 12.9. The Kier molecular flexibility index (Phi) is 5.85. The Bertz CT molecular complexity index is 730. The molecule has 1 saturated carbocycles. The third kappa shape index (κ3) is 4.96. The van der Waals surface area contributed by atoms with Crippen molar-refractivity contribution < 1.29 is 4.79 Å². The minimum atomic E-state index is 0.239. The smallest absolute Gasteiger partial charge is 0.230 e. The maximum absolute atomic E-state index is 12.9. The first-order valence-corrected chi connectivity index (χ1v) is 10.2. The number of hydrogen-bond acceptors (Lipinski definition) is 3. The summed E-state index contributed by atoms with van der Waals surface area (Å²) in [4.78, 5) is 17.4. The molecule has 0 bridgehead atoms. The van der Waals surface area contributed by atoms with Crippen molar-refractivity contribution in [2.45, 2.75) is 25.3 Å². The van der Waals surface area contributed by atoms with Gasteiger partial charge in [0.25, 0.3) is 0 Å². The number of anilines is 1. The van der Waals surface area contributed by atoms with E-state index < -0.39 is 0 Å². The Morgan fingerprint density at radius 3 is 2.44 bits per heavy atom. The minimum absolute atomic E-state index is 0.239. The highest BCUT2D eigenvalue weighted by molar-refractivity contribution is 5.96. The van der Waals surface area contributed by atoms with E-state index in [1.54, 1.807) is 0 Å². The van der Waals surface area contributed by atoms with Gasteiger partial charge in [0.05, 0.1) is 0 Å². The first-order valence-electron chi connectivity index (χ1n) is 10.2. The monoisotopic (exact) mass is 363 g/mol. The normalized spacial score (nSPS) is 20.4. The lowest BCUT2D eigenvalue weighted by molar-refractivity contribution is -0.119. The van der Waals surface area contributed by atoms with E-state index in [0.717, 1.165) is 57.7 Å². The minimum Gasteiger partial charge on any atom is -0.311 e. The summed E-state index contributed by atoms with van der Waals surface area (Å²) in [6.07, 6.45) is 3.17. The molecule has 4 nitrogen and oxygen atoms in total. The fourth-order valence-electron chi connectivity index (χ4n) is 3.85. The number of hydrogen-bond donors (Lipinski definition) is 1. The van der Waals surface area contributed by atoms with Crippen LogP contribution in [0.25, 0.3) is 0 Å². The van der Waals surface area contributed by atoms with Gasteiger partial charge < -0.3 is 15.1 Å². The lowest BCUT2D eigenvalue weighted by Crippen LogP contribution is -2.56. The van der Waals surface area contributed by atoms with Crippen molar-refractivity contribution in [1.82, 2.24) is 10.2 Å². The Morgan fingerprint density at radius 1 is 1.04 bits per heavy atom. The summed E-state index contributed by atoms with van der Waals surface area (Å²) in [6, 6.07) is 21.1.